The summed E-state index contributed by atoms with van der Waals surface area (Å²) in [7, 11) is -0.217. The molecule has 0 N–H and O–H groups in total. The fraction of sp³-hybridized carbons (Fsp3) is 0.250. The normalized spacial score (nSPS) is 15.0. The monoisotopic (exact) mass is 443 g/mol. The van der Waals surface area contributed by atoms with Crippen molar-refractivity contribution in [1.29, 1.82) is 0 Å². The van der Waals surface area contributed by atoms with Gasteiger partial charge in [0, 0.05) is 0 Å². The summed E-state index contributed by atoms with van der Waals surface area (Å²) in [6, 6.07) is 28.9. The lowest BCUT2D eigenvalue weighted by Crippen LogP contribution is -2.37. The average Bonchev–Trinajstić information content (AvgIpc) is 2.86. The molecule has 0 heterocycles. The second kappa shape index (κ2) is 10.4. The topological polar surface area (TPSA) is 35.5 Å². The summed E-state index contributed by atoms with van der Waals surface area (Å²) >= 11 is 0. The highest BCUT2D eigenvalue weighted by Gasteiger charge is 2.34. The van der Waals surface area contributed by atoms with E-state index in [4.69, 9.17) is 15.9 Å². The molecule has 162 valence electrons. The Morgan fingerprint density at radius 2 is 1.34 bits per heavy atom. The molecule has 4 heteroatoms. The predicted octanol–water partition coefficient (Wildman–Crippen LogP) is 6.04. The van der Waals surface area contributed by atoms with Gasteiger partial charge in [0.2, 0.25) is 0 Å². The van der Waals surface area contributed by atoms with Crippen LogP contribution in [0.5, 0.6) is 5.75 Å². The van der Waals surface area contributed by atoms with E-state index in [1.165, 1.54) is 14.7 Å². The lowest BCUT2D eigenvalue weighted by Gasteiger charge is -2.31. The first-order chi connectivity index (χ1) is 15.7. The second-order valence-electron chi connectivity index (χ2n) is 7.87. The maximum Gasteiger partial charge on any atom is 0.345 e. The van der Waals surface area contributed by atoms with Gasteiger partial charge in [0.25, 0.3) is 0 Å². The summed E-state index contributed by atoms with van der Waals surface area (Å²) in [5.74, 6) is 2.92. The van der Waals surface area contributed by atoms with Crippen molar-refractivity contribution in [2.45, 2.75) is 52.4 Å². The highest BCUT2D eigenvalue weighted by Crippen LogP contribution is 2.33. The van der Waals surface area contributed by atoms with Crippen LogP contribution >= 0.6 is 0 Å². The van der Waals surface area contributed by atoms with E-state index < -0.39 is 11.6 Å². The molecule has 0 aromatic heterocycles. The summed E-state index contributed by atoms with van der Waals surface area (Å²) in [4.78, 5) is 16.0. The van der Waals surface area contributed by atoms with Gasteiger partial charge in [-0.1, -0.05) is 48.7 Å². The molecule has 1 saturated carbocycles. The van der Waals surface area contributed by atoms with Crippen molar-refractivity contribution in [1.82, 2.24) is 0 Å². The fourth-order valence-corrected chi connectivity index (χ4v) is 6.07. The Hall–Kier alpha value is -3.16. The van der Waals surface area contributed by atoms with E-state index in [1.807, 2.05) is 24.3 Å². The van der Waals surface area contributed by atoms with Gasteiger partial charge in [0.1, 0.15) is 5.75 Å². The third kappa shape index (κ3) is 5.36. The summed E-state index contributed by atoms with van der Waals surface area (Å²) in [5.41, 5.74) is -0.762. The molecule has 1 fully saturated rings. The van der Waals surface area contributed by atoms with E-state index in [-0.39, 0.29) is 17.5 Å². The molecule has 0 saturated heterocycles. The minimum absolute atomic E-state index is 0.147. The van der Waals surface area contributed by atoms with Gasteiger partial charge in [-0.2, -0.15) is 0 Å². The van der Waals surface area contributed by atoms with Gasteiger partial charge in [-0.05, 0) is 74.2 Å². The molecule has 3 nitrogen and oxygen atoms in total. The molecule has 4 rings (SSSR count). The van der Waals surface area contributed by atoms with Crippen molar-refractivity contribution in [2.75, 3.05) is 6.61 Å². The smallest absolute Gasteiger partial charge is 0.345 e. The van der Waals surface area contributed by atoms with Gasteiger partial charge >= 0.3 is 5.97 Å². The van der Waals surface area contributed by atoms with Crippen LogP contribution in [0.2, 0.25) is 0 Å². The number of terminal acetylenes is 1. The maximum atomic E-state index is 12.4. The number of esters is 1. The fourth-order valence-electron chi connectivity index (χ4n) is 3.98. The summed E-state index contributed by atoms with van der Waals surface area (Å²) in [6.45, 7) is -0.147. The molecule has 1 aliphatic rings. The van der Waals surface area contributed by atoms with Crippen LogP contribution in [0.4, 0.5) is 0 Å². The largest absolute Gasteiger partial charge is 0.482 e. The number of ether oxygens (including phenoxy) is 2. The second-order valence-corrected chi connectivity index (χ2v) is 9.89. The highest BCUT2D eigenvalue weighted by molar-refractivity contribution is 7.97. The number of hydrogen-bond donors (Lipinski definition) is 0. The van der Waals surface area contributed by atoms with Crippen LogP contribution in [-0.4, -0.2) is 18.2 Å². The summed E-state index contributed by atoms with van der Waals surface area (Å²) < 4.78 is 11.3. The first-order valence-corrected chi connectivity index (χ1v) is 12.2. The van der Waals surface area contributed by atoms with Gasteiger partial charge in [-0.25, -0.2) is 4.79 Å². The molecule has 0 aliphatic heterocycles. The van der Waals surface area contributed by atoms with E-state index in [0.29, 0.717) is 5.75 Å². The molecule has 0 amide bonds. The molecule has 0 spiro atoms. The van der Waals surface area contributed by atoms with Crippen LogP contribution in [-0.2, 0) is 20.4 Å². The SMILES string of the molecule is C#CC1(OC(=O)COc2ccc([S+](c3ccccc3)c3ccccc3)cc2)CCCCC1. The Kier molecular flexibility index (Phi) is 7.19. The standard InChI is InChI=1S/C28H27O3S/c1-2-28(20-10-5-11-21-28)31-27(29)22-30-23-16-18-26(19-17-23)32(24-12-6-3-7-13-24)25-14-8-4-9-15-25/h1,3-4,6-9,12-19H,5,10-11,20-22H2/q+1. The molecule has 1 aliphatic carbocycles. The minimum atomic E-state index is -0.762. The lowest BCUT2D eigenvalue weighted by atomic mass is 9.85. The molecule has 0 atom stereocenters. The minimum Gasteiger partial charge on any atom is -0.482 e. The summed E-state index contributed by atoms with van der Waals surface area (Å²) in [6.07, 6.45) is 10.2. The van der Waals surface area contributed by atoms with Crippen LogP contribution in [0.1, 0.15) is 32.1 Å². The van der Waals surface area contributed by atoms with E-state index >= 15 is 0 Å². The zero-order valence-corrected chi connectivity index (χ0v) is 18.9. The molecule has 0 unspecified atom stereocenters. The van der Waals surface area contributed by atoms with Gasteiger partial charge < -0.3 is 9.47 Å². The Balaban J connectivity index is 1.44. The van der Waals surface area contributed by atoms with Crippen molar-refractivity contribution in [3.05, 3.63) is 84.9 Å². The molecule has 3 aromatic rings. The van der Waals surface area contributed by atoms with Crippen molar-refractivity contribution in [3.8, 4) is 18.1 Å². The molecule has 32 heavy (non-hydrogen) atoms. The van der Waals surface area contributed by atoms with Crippen LogP contribution in [0, 0.1) is 12.3 Å². The number of carbonyl (C=O) groups is 1. The Morgan fingerprint density at radius 1 is 0.812 bits per heavy atom. The predicted molar refractivity (Wildman–Crippen MR) is 128 cm³/mol. The molecule has 0 bridgehead atoms. The van der Waals surface area contributed by atoms with E-state index in [1.54, 1.807) is 0 Å². The molecular weight excluding hydrogens is 416 g/mol. The van der Waals surface area contributed by atoms with Gasteiger partial charge in [-0.15, -0.1) is 6.42 Å². The van der Waals surface area contributed by atoms with Crippen LogP contribution in [0.25, 0.3) is 0 Å². The molecule has 3 aromatic carbocycles. The third-order valence-corrected chi connectivity index (χ3v) is 7.84. The van der Waals surface area contributed by atoms with Gasteiger partial charge in [0.05, 0.1) is 10.9 Å². The maximum absolute atomic E-state index is 12.4. The van der Waals surface area contributed by atoms with Crippen LogP contribution < -0.4 is 4.74 Å². The molecule has 0 radical (unpaired) electrons. The average molecular weight is 444 g/mol. The van der Waals surface area contributed by atoms with Crippen LogP contribution in [0.3, 0.4) is 0 Å². The van der Waals surface area contributed by atoms with Crippen molar-refractivity contribution < 1.29 is 14.3 Å². The van der Waals surface area contributed by atoms with Crippen molar-refractivity contribution in [2.24, 2.45) is 0 Å². The molecular formula is C28H27O3S+. The third-order valence-electron chi connectivity index (χ3n) is 5.61. The zero-order chi connectivity index (χ0) is 22.2. The number of carbonyl (C=O) groups excluding carboxylic acids is 1. The van der Waals surface area contributed by atoms with Crippen molar-refractivity contribution in [3.63, 3.8) is 0 Å². The van der Waals surface area contributed by atoms with E-state index in [2.05, 4.69) is 66.6 Å². The number of benzene rings is 3. The van der Waals surface area contributed by atoms with Gasteiger partial charge in [0.15, 0.2) is 26.9 Å². The van der Waals surface area contributed by atoms with Crippen LogP contribution in [0.15, 0.2) is 99.6 Å². The Bertz CT molecular complexity index is 1010. The Morgan fingerprint density at radius 3 is 1.88 bits per heavy atom. The van der Waals surface area contributed by atoms with Gasteiger partial charge in [-0.3, -0.25) is 0 Å². The lowest BCUT2D eigenvalue weighted by molar-refractivity contribution is -0.159. The number of hydrogen-bond acceptors (Lipinski definition) is 3. The quantitative estimate of drug-likeness (QED) is 0.254. The first-order valence-electron chi connectivity index (χ1n) is 11.0. The first kappa shape index (κ1) is 22.0. The van der Waals surface area contributed by atoms with E-state index in [0.717, 1.165) is 32.1 Å². The summed E-state index contributed by atoms with van der Waals surface area (Å²) in [5, 5.41) is 0. The Labute approximate surface area is 193 Å². The highest BCUT2D eigenvalue weighted by atomic mass is 32.2. The van der Waals surface area contributed by atoms with E-state index in [9.17, 15) is 4.79 Å². The number of rotatable bonds is 7. The van der Waals surface area contributed by atoms with Crippen molar-refractivity contribution >= 4 is 16.9 Å². The zero-order valence-electron chi connectivity index (χ0n) is 18.0.